The lowest BCUT2D eigenvalue weighted by molar-refractivity contribution is -0.126. The van der Waals surface area contributed by atoms with Crippen LogP contribution in [0.25, 0.3) is 0 Å². The average molecular weight is 254 g/mol. The lowest BCUT2D eigenvalue weighted by Gasteiger charge is -2.32. The third-order valence-electron chi connectivity index (χ3n) is 3.27. The van der Waals surface area contributed by atoms with Crippen LogP contribution >= 0.6 is 11.6 Å². The highest BCUT2D eigenvalue weighted by molar-refractivity contribution is 6.33. The monoisotopic (exact) mass is 253 g/mol. The van der Waals surface area contributed by atoms with Crippen LogP contribution in [0.15, 0.2) is 18.5 Å². The third-order valence-corrected chi connectivity index (χ3v) is 3.60. The number of piperidine rings is 1. The molecule has 5 heteroatoms. The SMILES string of the molecule is CC1(C(=O)Nc2cnccc2Cl)CCNCC1. The van der Waals surface area contributed by atoms with Crippen LogP contribution in [0.2, 0.25) is 5.02 Å². The summed E-state index contributed by atoms with van der Waals surface area (Å²) in [6.07, 6.45) is 4.86. The standard InChI is InChI=1S/C12H16ClN3O/c1-12(3-6-14-7-4-12)11(17)16-10-8-15-5-2-9(10)13/h2,5,8,14H,3-4,6-7H2,1H3,(H,16,17). The van der Waals surface area contributed by atoms with E-state index in [4.69, 9.17) is 11.6 Å². The number of carbonyl (C=O) groups is 1. The second-order valence-corrected chi connectivity index (χ2v) is 5.03. The first-order valence-electron chi connectivity index (χ1n) is 5.73. The van der Waals surface area contributed by atoms with E-state index >= 15 is 0 Å². The van der Waals surface area contributed by atoms with E-state index in [9.17, 15) is 4.79 Å². The average Bonchev–Trinajstić information content (AvgIpc) is 2.33. The fourth-order valence-electron chi connectivity index (χ4n) is 1.95. The number of nitrogens with zero attached hydrogens (tertiary/aromatic N) is 1. The van der Waals surface area contributed by atoms with Gasteiger partial charge in [0.1, 0.15) is 0 Å². The van der Waals surface area contributed by atoms with Crippen molar-refractivity contribution in [3.8, 4) is 0 Å². The lowest BCUT2D eigenvalue weighted by Crippen LogP contribution is -2.42. The van der Waals surface area contributed by atoms with Gasteiger partial charge in [0.15, 0.2) is 0 Å². The van der Waals surface area contributed by atoms with Gasteiger partial charge in [-0.15, -0.1) is 0 Å². The Morgan fingerprint density at radius 3 is 2.88 bits per heavy atom. The van der Waals surface area contributed by atoms with Crippen LogP contribution in [0.3, 0.4) is 0 Å². The van der Waals surface area contributed by atoms with Gasteiger partial charge in [0, 0.05) is 11.6 Å². The Balaban J connectivity index is 2.08. The number of hydrogen-bond acceptors (Lipinski definition) is 3. The molecule has 0 bridgehead atoms. The van der Waals surface area contributed by atoms with Gasteiger partial charge in [0.05, 0.1) is 16.9 Å². The molecule has 1 saturated heterocycles. The molecule has 1 amide bonds. The lowest BCUT2D eigenvalue weighted by atomic mass is 9.80. The molecule has 1 aliphatic rings. The van der Waals surface area contributed by atoms with Gasteiger partial charge in [-0.25, -0.2) is 0 Å². The first kappa shape index (κ1) is 12.3. The van der Waals surface area contributed by atoms with E-state index in [0.717, 1.165) is 25.9 Å². The number of nitrogens with one attached hydrogen (secondary N) is 2. The minimum atomic E-state index is -0.315. The fraction of sp³-hybridized carbons (Fsp3) is 0.500. The summed E-state index contributed by atoms with van der Waals surface area (Å²) in [7, 11) is 0. The molecule has 2 rings (SSSR count). The van der Waals surface area contributed by atoms with E-state index in [2.05, 4.69) is 15.6 Å². The molecule has 0 spiro atoms. The van der Waals surface area contributed by atoms with Gasteiger partial charge in [-0.2, -0.15) is 0 Å². The molecule has 0 aromatic carbocycles. The van der Waals surface area contributed by atoms with Gasteiger partial charge in [-0.1, -0.05) is 18.5 Å². The zero-order valence-corrected chi connectivity index (χ0v) is 10.5. The van der Waals surface area contributed by atoms with Gasteiger partial charge >= 0.3 is 0 Å². The molecule has 0 aliphatic carbocycles. The number of amides is 1. The molecule has 92 valence electrons. The van der Waals surface area contributed by atoms with E-state index < -0.39 is 0 Å². The Kier molecular flexibility index (Phi) is 3.64. The molecule has 17 heavy (non-hydrogen) atoms. The van der Waals surface area contributed by atoms with Crippen molar-refractivity contribution < 1.29 is 4.79 Å². The molecular formula is C12H16ClN3O. The van der Waals surface area contributed by atoms with Gasteiger partial charge in [0.25, 0.3) is 0 Å². The zero-order valence-electron chi connectivity index (χ0n) is 9.79. The van der Waals surface area contributed by atoms with Crippen LogP contribution in [0.1, 0.15) is 19.8 Å². The first-order valence-corrected chi connectivity index (χ1v) is 6.11. The Bertz CT molecular complexity index is 416. The highest BCUT2D eigenvalue weighted by Gasteiger charge is 2.34. The van der Waals surface area contributed by atoms with E-state index in [1.807, 2.05) is 6.92 Å². The molecule has 2 N–H and O–H groups in total. The molecule has 1 aliphatic heterocycles. The van der Waals surface area contributed by atoms with Crippen LogP contribution < -0.4 is 10.6 Å². The summed E-state index contributed by atoms with van der Waals surface area (Å²) in [4.78, 5) is 16.2. The maximum atomic E-state index is 12.2. The molecule has 0 unspecified atom stereocenters. The van der Waals surface area contributed by atoms with Crippen LogP contribution in [-0.4, -0.2) is 24.0 Å². The number of rotatable bonds is 2. The highest BCUT2D eigenvalue weighted by atomic mass is 35.5. The van der Waals surface area contributed by atoms with Crippen molar-refractivity contribution >= 4 is 23.2 Å². The normalized spacial score (nSPS) is 18.7. The number of aromatic nitrogens is 1. The Morgan fingerprint density at radius 1 is 1.53 bits per heavy atom. The van der Waals surface area contributed by atoms with Crippen molar-refractivity contribution in [1.82, 2.24) is 10.3 Å². The summed E-state index contributed by atoms with van der Waals surface area (Å²) in [5.74, 6) is 0.0221. The molecule has 4 nitrogen and oxygen atoms in total. The van der Waals surface area contributed by atoms with Crippen molar-refractivity contribution in [3.63, 3.8) is 0 Å². The Labute approximate surface area is 106 Å². The number of halogens is 1. The summed E-state index contributed by atoms with van der Waals surface area (Å²) in [5.41, 5.74) is 0.267. The topological polar surface area (TPSA) is 54.0 Å². The van der Waals surface area contributed by atoms with Crippen LogP contribution in [0.5, 0.6) is 0 Å². The Morgan fingerprint density at radius 2 is 2.24 bits per heavy atom. The minimum Gasteiger partial charge on any atom is -0.323 e. The summed E-state index contributed by atoms with van der Waals surface area (Å²) in [5, 5.41) is 6.63. The molecule has 0 saturated carbocycles. The molecule has 2 heterocycles. The van der Waals surface area contributed by atoms with Crippen molar-refractivity contribution in [2.75, 3.05) is 18.4 Å². The number of pyridine rings is 1. The molecule has 0 radical (unpaired) electrons. The zero-order chi connectivity index (χ0) is 12.3. The van der Waals surface area contributed by atoms with Crippen LogP contribution in [-0.2, 0) is 4.79 Å². The van der Waals surface area contributed by atoms with Crippen molar-refractivity contribution in [1.29, 1.82) is 0 Å². The summed E-state index contributed by atoms with van der Waals surface area (Å²) in [6, 6.07) is 1.67. The van der Waals surface area contributed by atoms with Crippen LogP contribution in [0.4, 0.5) is 5.69 Å². The smallest absolute Gasteiger partial charge is 0.230 e. The molecule has 1 aromatic rings. The van der Waals surface area contributed by atoms with E-state index in [1.165, 1.54) is 0 Å². The summed E-state index contributed by atoms with van der Waals surface area (Å²) < 4.78 is 0. The quantitative estimate of drug-likeness (QED) is 0.848. The highest BCUT2D eigenvalue weighted by Crippen LogP contribution is 2.30. The van der Waals surface area contributed by atoms with Gasteiger partial charge < -0.3 is 10.6 Å². The number of carbonyl (C=O) groups excluding carboxylic acids is 1. The molecular weight excluding hydrogens is 238 g/mol. The van der Waals surface area contributed by atoms with Gasteiger partial charge in [-0.3, -0.25) is 9.78 Å². The van der Waals surface area contributed by atoms with E-state index in [-0.39, 0.29) is 11.3 Å². The maximum absolute atomic E-state index is 12.2. The number of hydrogen-bond donors (Lipinski definition) is 2. The first-order chi connectivity index (χ1) is 8.12. The predicted molar refractivity (Wildman–Crippen MR) is 68.1 cm³/mol. The maximum Gasteiger partial charge on any atom is 0.230 e. The van der Waals surface area contributed by atoms with Gasteiger partial charge in [-0.05, 0) is 32.0 Å². The minimum absolute atomic E-state index is 0.0221. The van der Waals surface area contributed by atoms with Crippen molar-refractivity contribution in [3.05, 3.63) is 23.5 Å². The third kappa shape index (κ3) is 2.76. The molecule has 1 aromatic heterocycles. The van der Waals surface area contributed by atoms with Crippen molar-refractivity contribution in [2.24, 2.45) is 5.41 Å². The predicted octanol–water partition coefficient (Wildman–Crippen LogP) is 2.06. The van der Waals surface area contributed by atoms with E-state index in [1.54, 1.807) is 18.5 Å². The van der Waals surface area contributed by atoms with Gasteiger partial charge in [0.2, 0.25) is 5.91 Å². The molecule has 0 atom stereocenters. The largest absolute Gasteiger partial charge is 0.323 e. The summed E-state index contributed by atoms with van der Waals surface area (Å²) in [6.45, 7) is 3.75. The number of anilines is 1. The summed E-state index contributed by atoms with van der Waals surface area (Å²) >= 11 is 5.99. The van der Waals surface area contributed by atoms with Crippen LogP contribution in [0, 0.1) is 5.41 Å². The van der Waals surface area contributed by atoms with E-state index in [0.29, 0.717) is 10.7 Å². The Hall–Kier alpha value is -1.13. The molecule has 1 fully saturated rings. The second kappa shape index (κ2) is 5.02. The fourth-order valence-corrected chi connectivity index (χ4v) is 2.10. The van der Waals surface area contributed by atoms with Crippen molar-refractivity contribution in [2.45, 2.75) is 19.8 Å². The second-order valence-electron chi connectivity index (χ2n) is 4.62.